The largest absolute Gasteiger partial charge is 0.300 e. The van der Waals surface area contributed by atoms with Crippen LogP contribution < -0.4 is 0 Å². The highest BCUT2D eigenvalue weighted by molar-refractivity contribution is 5.75. The molecule has 1 nitrogen and oxygen atoms in total. The summed E-state index contributed by atoms with van der Waals surface area (Å²) in [7, 11) is 0. The maximum Gasteiger partial charge on any atom is 0.129 e. The highest BCUT2D eigenvalue weighted by atomic mass is 16.1. The summed E-state index contributed by atoms with van der Waals surface area (Å²) in [5.74, 6) is 0.809. The van der Waals surface area contributed by atoms with Crippen LogP contribution in [-0.4, -0.2) is 5.78 Å². The summed E-state index contributed by atoms with van der Waals surface area (Å²) in [6, 6.07) is 0. The fraction of sp³-hybridized carbons (Fsp3) is 0.667. The Kier molecular flexibility index (Phi) is 4.91. The van der Waals surface area contributed by atoms with Gasteiger partial charge in [0.2, 0.25) is 0 Å². The second-order valence-corrected chi connectivity index (χ2v) is 2.64. The van der Waals surface area contributed by atoms with Gasteiger partial charge in [0.15, 0.2) is 0 Å². The van der Waals surface area contributed by atoms with Crippen molar-refractivity contribution in [2.24, 2.45) is 5.92 Å². The first-order chi connectivity index (χ1) is 4.70. The van der Waals surface area contributed by atoms with Crippen molar-refractivity contribution >= 4 is 5.78 Å². The van der Waals surface area contributed by atoms with E-state index in [0.717, 1.165) is 12.8 Å². The van der Waals surface area contributed by atoms with E-state index < -0.39 is 0 Å². The molecule has 0 aromatic carbocycles. The summed E-state index contributed by atoms with van der Waals surface area (Å²) in [6.45, 7) is 7.45. The van der Waals surface area contributed by atoms with Gasteiger partial charge >= 0.3 is 0 Å². The lowest BCUT2D eigenvalue weighted by atomic mass is 10.00. The van der Waals surface area contributed by atoms with E-state index in [9.17, 15) is 4.79 Å². The maximum absolute atomic E-state index is 10.5. The van der Waals surface area contributed by atoms with E-state index in [4.69, 9.17) is 0 Å². The Morgan fingerprint density at radius 3 is 2.60 bits per heavy atom. The molecule has 0 saturated carbocycles. The highest BCUT2D eigenvalue weighted by Gasteiger charge is 2.01. The fourth-order valence-corrected chi connectivity index (χ4v) is 0.877. The zero-order valence-corrected chi connectivity index (χ0v) is 6.89. The molecule has 1 atom stereocenters. The van der Waals surface area contributed by atoms with Crippen LogP contribution in [0.3, 0.4) is 0 Å². The van der Waals surface area contributed by atoms with Crippen molar-refractivity contribution in [3.8, 4) is 0 Å². The van der Waals surface area contributed by atoms with Gasteiger partial charge in [-0.3, -0.25) is 0 Å². The Bertz CT molecular complexity index is 116. The average molecular weight is 140 g/mol. The number of ketones is 1. The molecule has 0 aliphatic carbocycles. The van der Waals surface area contributed by atoms with Crippen LogP contribution in [0.5, 0.6) is 0 Å². The molecule has 0 spiro atoms. The summed E-state index contributed by atoms with van der Waals surface area (Å²) in [5.41, 5.74) is 0. The van der Waals surface area contributed by atoms with E-state index in [0.29, 0.717) is 12.3 Å². The molecule has 0 aliphatic rings. The number of rotatable bonds is 5. The minimum absolute atomic E-state index is 0.278. The Hall–Kier alpha value is -0.590. The van der Waals surface area contributed by atoms with Gasteiger partial charge in [0.1, 0.15) is 5.78 Å². The highest BCUT2D eigenvalue weighted by Crippen LogP contribution is 2.11. The van der Waals surface area contributed by atoms with Crippen molar-refractivity contribution in [3.05, 3.63) is 12.7 Å². The number of hydrogen-bond acceptors (Lipinski definition) is 1. The van der Waals surface area contributed by atoms with Gasteiger partial charge in [0.05, 0.1) is 0 Å². The van der Waals surface area contributed by atoms with Gasteiger partial charge in [-0.05, 0) is 25.7 Å². The molecule has 0 N–H and O–H groups in total. The third kappa shape index (κ3) is 4.30. The molecule has 0 heterocycles. The second-order valence-electron chi connectivity index (χ2n) is 2.64. The van der Waals surface area contributed by atoms with Crippen LogP contribution in [0, 0.1) is 5.92 Å². The van der Waals surface area contributed by atoms with E-state index in [1.165, 1.54) is 0 Å². The minimum atomic E-state index is 0.278. The van der Waals surface area contributed by atoms with Gasteiger partial charge in [-0.25, -0.2) is 0 Å². The molecule has 0 amide bonds. The zero-order valence-electron chi connectivity index (χ0n) is 6.89. The predicted molar refractivity (Wildman–Crippen MR) is 43.9 cm³/mol. The van der Waals surface area contributed by atoms with Gasteiger partial charge in [-0.2, -0.15) is 0 Å². The topological polar surface area (TPSA) is 17.1 Å². The monoisotopic (exact) mass is 140 g/mol. The Morgan fingerprint density at radius 2 is 2.30 bits per heavy atom. The Labute approximate surface area is 63.1 Å². The van der Waals surface area contributed by atoms with Gasteiger partial charge in [0.25, 0.3) is 0 Å². The molecule has 58 valence electrons. The van der Waals surface area contributed by atoms with Crippen molar-refractivity contribution in [1.82, 2.24) is 0 Å². The van der Waals surface area contributed by atoms with Crippen molar-refractivity contribution in [2.45, 2.75) is 33.1 Å². The molecule has 1 unspecified atom stereocenters. The summed E-state index contributed by atoms with van der Waals surface area (Å²) in [4.78, 5) is 10.5. The van der Waals surface area contributed by atoms with E-state index in [2.05, 4.69) is 13.5 Å². The molecular formula is C9H16O. The third-order valence-corrected chi connectivity index (χ3v) is 1.72. The van der Waals surface area contributed by atoms with Crippen molar-refractivity contribution in [2.75, 3.05) is 0 Å². The van der Waals surface area contributed by atoms with E-state index in [1.807, 2.05) is 6.08 Å². The van der Waals surface area contributed by atoms with Gasteiger partial charge in [-0.15, -0.1) is 6.58 Å². The van der Waals surface area contributed by atoms with Crippen molar-refractivity contribution in [1.29, 1.82) is 0 Å². The first kappa shape index (κ1) is 9.41. The fourth-order valence-electron chi connectivity index (χ4n) is 0.877. The summed E-state index contributed by atoms with van der Waals surface area (Å²) in [5, 5.41) is 0. The van der Waals surface area contributed by atoms with Gasteiger partial charge in [-0.1, -0.05) is 13.0 Å². The Balaban J connectivity index is 3.44. The summed E-state index contributed by atoms with van der Waals surface area (Å²) in [6.07, 6.45) is 4.69. The molecule has 0 aromatic heterocycles. The van der Waals surface area contributed by atoms with E-state index in [1.54, 1.807) is 6.92 Å². The smallest absolute Gasteiger partial charge is 0.129 e. The standard InChI is InChI=1S/C9H16O/c1-4-9(5-2)7-6-8(3)10/h4,9H,1,5-7H2,2-3H3. The molecule has 0 aromatic rings. The lowest BCUT2D eigenvalue weighted by Gasteiger charge is -2.05. The predicted octanol–water partition coefficient (Wildman–Crippen LogP) is 2.57. The maximum atomic E-state index is 10.5. The first-order valence-electron chi connectivity index (χ1n) is 3.82. The molecule has 0 fully saturated rings. The molecule has 10 heavy (non-hydrogen) atoms. The lowest BCUT2D eigenvalue weighted by molar-refractivity contribution is -0.117. The van der Waals surface area contributed by atoms with Gasteiger partial charge in [0, 0.05) is 6.42 Å². The third-order valence-electron chi connectivity index (χ3n) is 1.72. The number of hydrogen-bond donors (Lipinski definition) is 0. The number of carbonyl (C=O) groups excluding carboxylic acids is 1. The molecule has 0 saturated heterocycles. The molecule has 0 radical (unpaired) electrons. The molecule has 0 bridgehead atoms. The molecular weight excluding hydrogens is 124 g/mol. The van der Waals surface area contributed by atoms with E-state index in [-0.39, 0.29) is 5.78 Å². The van der Waals surface area contributed by atoms with Crippen LogP contribution in [0.25, 0.3) is 0 Å². The second kappa shape index (κ2) is 5.21. The van der Waals surface area contributed by atoms with Crippen LogP contribution in [0.1, 0.15) is 33.1 Å². The van der Waals surface area contributed by atoms with Crippen LogP contribution >= 0.6 is 0 Å². The molecule has 0 rings (SSSR count). The average Bonchev–Trinajstić information content (AvgIpc) is 1.90. The lowest BCUT2D eigenvalue weighted by Crippen LogP contribution is -1.98. The van der Waals surface area contributed by atoms with E-state index >= 15 is 0 Å². The number of allylic oxidation sites excluding steroid dienone is 1. The van der Waals surface area contributed by atoms with Crippen LogP contribution in [0.4, 0.5) is 0 Å². The normalized spacial score (nSPS) is 12.6. The summed E-state index contributed by atoms with van der Waals surface area (Å²) < 4.78 is 0. The number of Topliss-reactive ketones (excluding diaryl/α,β-unsaturated/α-hetero) is 1. The Morgan fingerprint density at radius 1 is 1.70 bits per heavy atom. The van der Waals surface area contributed by atoms with Crippen LogP contribution in [-0.2, 0) is 4.79 Å². The molecule has 0 aliphatic heterocycles. The molecule has 1 heteroatoms. The SMILES string of the molecule is C=CC(CC)CCC(C)=O. The van der Waals surface area contributed by atoms with Crippen molar-refractivity contribution in [3.63, 3.8) is 0 Å². The van der Waals surface area contributed by atoms with Crippen LogP contribution in [0.2, 0.25) is 0 Å². The zero-order chi connectivity index (χ0) is 7.98. The summed E-state index contributed by atoms with van der Waals surface area (Å²) >= 11 is 0. The van der Waals surface area contributed by atoms with Gasteiger partial charge < -0.3 is 4.79 Å². The quantitative estimate of drug-likeness (QED) is 0.536. The minimum Gasteiger partial charge on any atom is -0.300 e. The first-order valence-corrected chi connectivity index (χ1v) is 3.82. The van der Waals surface area contributed by atoms with Crippen molar-refractivity contribution < 1.29 is 4.79 Å². The number of carbonyl (C=O) groups is 1. The van der Waals surface area contributed by atoms with Crippen LogP contribution in [0.15, 0.2) is 12.7 Å².